The van der Waals surface area contributed by atoms with Crippen LogP contribution >= 0.6 is 11.8 Å². The fourth-order valence-corrected chi connectivity index (χ4v) is 2.79. The van der Waals surface area contributed by atoms with Gasteiger partial charge in [-0.2, -0.15) is 11.8 Å². The number of carbonyl (C=O) groups is 3. The summed E-state index contributed by atoms with van der Waals surface area (Å²) in [7, 11) is 0. The molecule has 1 heterocycles. The number of urea groups is 1. The molecule has 0 aromatic rings. The Morgan fingerprint density at radius 2 is 1.95 bits per heavy atom. The molecule has 0 saturated carbocycles. The van der Waals surface area contributed by atoms with E-state index in [9.17, 15) is 14.4 Å². The molecule has 114 valence electrons. The molecule has 1 fully saturated rings. The number of carboxylic acid groups (broad SMARTS) is 2. The number of carboxylic acids is 2. The van der Waals surface area contributed by atoms with Crippen molar-refractivity contribution in [3.63, 3.8) is 0 Å². The largest absolute Gasteiger partial charge is 0.481 e. The summed E-state index contributed by atoms with van der Waals surface area (Å²) in [6.45, 7) is 1.23. The normalized spacial score (nSPS) is 17.1. The quantitative estimate of drug-likeness (QED) is 0.671. The molecule has 1 rings (SSSR count). The van der Waals surface area contributed by atoms with Crippen LogP contribution in [0.2, 0.25) is 0 Å². The summed E-state index contributed by atoms with van der Waals surface area (Å²) in [5.41, 5.74) is 0. The second kappa shape index (κ2) is 8.68. The fraction of sp³-hybridized carbons (Fsp3) is 0.750. The molecule has 20 heavy (non-hydrogen) atoms. The molecule has 3 N–H and O–H groups in total. The Hall–Kier alpha value is -1.44. The first-order valence-corrected chi connectivity index (χ1v) is 7.74. The van der Waals surface area contributed by atoms with Gasteiger partial charge in [0.25, 0.3) is 0 Å². The van der Waals surface area contributed by atoms with E-state index in [1.54, 1.807) is 16.7 Å². The van der Waals surface area contributed by atoms with E-state index in [1.807, 2.05) is 0 Å². The van der Waals surface area contributed by atoms with Crippen LogP contribution < -0.4 is 5.32 Å². The molecule has 0 aromatic carbocycles. The van der Waals surface area contributed by atoms with Crippen LogP contribution in [0.4, 0.5) is 4.79 Å². The molecule has 1 aliphatic rings. The van der Waals surface area contributed by atoms with Crippen LogP contribution in [0, 0.1) is 0 Å². The number of carbonyl (C=O) groups excluding carboxylic acids is 1. The van der Waals surface area contributed by atoms with Gasteiger partial charge in [-0.05, 0) is 25.0 Å². The third kappa shape index (κ3) is 6.14. The molecule has 0 aromatic heterocycles. The number of hydrogen-bond donors (Lipinski definition) is 3. The van der Waals surface area contributed by atoms with Gasteiger partial charge in [0.15, 0.2) is 0 Å². The van der Waals surface area contributed by atoms with E-state index in [1.165, 1.54) is 0 Å². The van der Waals surface area contributed by atoms with Crippen molar-refractivity contribution >= 4 is 29.7 Å². The first kappa shape index (κ1) is 16.6. The Morgan fingerprint density at radius 3 is 2.60 bits per heavy atom. The number of nitrogens with one attached hydrogen (secondary N) is 1. The number of nitrogens with zero attached hydrogens (tertiary/aromatic N) is 1. The minimum Gasteiger partial charge on any atom is -0.481 e. The van der Waals surface area contributed by atoms with Crippen LogP contribution in [-0.4, -0.2) is 63.7 Å². The van der Waals surface area contributed by atoms with Crippen LogP contribution in [0.3, 0.4) is 0 Å². The second-order valence-electron chi connectivity index (χ2n) is 4.58. The van der Waals surface area contributed by atoms with Crippen molar-refractivity contribution in [3.8, 4) is 0 Å². The van der Waals surface area contributed by atoms with Crippen molar-refractivity contribution in [1.82, 2.24) is 10.2 Å². The molecule has 0 spiro atoms. The van der Waals surface area contributed by atoms with Crippen molar-refractivity contribution in [2.75, 3.05) is 24.6 Å². The van der Waals surface area contributed by atoms with Gasteiger partial charge in [0.2, 0.25) is 0 Å². The first-order chi connectivity index (χ1) is 9.50. The highest BCUT2D eigenvalue weighted by atomic mass is 32.2. The van der Waals surface area contributed by atoms with E-state index in [-0.39, 0.29) is 25.3 Å². The van der Waals surface area contributed by atoms with Gasteiger partial charge in [-0.25, -0.2) is 9.59 Å². The Kier molecular flexibility index (Phi) is 7.21. The zero-order valence-corrected chi connectivity index (χ0v) is 12.0. The van der Waals surface area contributed by atoms with E-state index >= 15 is 0 Å². The molecular weight excluding hydrogens is 284 g/mol. The zero-order valence-electron chi connectivity index (χ0n) is 11.2. The van der Waals surface area contributed by atoms with Crippen LogP contribution in [0.15, 0.2) is 0 Å². The molecule has 8 heteroatoms. The van der Waals surface area contributed by atoms with Gasteiger partial charge < -0.3 is 20.4 Å². The lowest BCUT2D eigenvalue weighted by Gasteiger charge is -2.23. The maximum Gasteiger partial charge on any atom is 0.326 e. The lowest BCUT2D eigenvalue weighted by atomic mass is 10.1. The molecule has 7 nitrogen and oxygen atoms in total. The number of amides is 2. The first-order valence-electron chi connectivity index (χ1n) is 6.58. The zero-order chi connectivity index (χ0) is 15.0. The third-order valence-corrected chi connectivity index (χ3v) is 4.04. The Balaban J connectivity index is 2.44. The van der Waals surface area contributed by atoms with Crippen molar-refractivity contribution in [3.05, 3.63) is 0 Å². The Morgan fingerprint density at radius 1 is 1.20 bits per heavy atom. The maximum absolute atomic E-state index is 12.0. The SMILES string of the molecule is O=C(O)CCC[C@@H](NC(=O)N1CCCSCC1)C(=O)O. The molecule has 1 saturated heterocycles. The maximum atomic E-state index is 12.0. The second-order valence-corrected chi connectivity index (χ2v) is 5.80. The number of aliphatic carboxylic acids is 2. The number of hydrogen-bond acceptors (Lipinski definition) is 4. The van der Waals surface area contributed by atoms with Crippen molar-refractivity contribution in [1.29, 1.82) is 0 Å². The van der Waals surface area contributed by atoms with Crippen LogP contribution in [0.5, 0.6) is 0 Å². The predicted octanol–water partition coefficient (Wildman–Crippen LogP) is 0.843. The molecular formula is C12H20N2O5S. The number of thioether (sulfide) groups is 1. The molecule has 1 aliphatic heterocycles. The van der Waals surface area contributed by atoms with E-state index in [0.717, 1.165) is 17.9 Å². The summed E-state index contributed by atoms with van der Waals surface area (Å²) < 4.78 is 0. The van der Waals surface area contributed by atoms with Crippen LogP contribution in [0.25, 0.3) is 0 Å². The molecule has 0 bridgehead atoms. The Bertz CT molecular complexity index is 356. The van der Waals surface area contributed by atoms with Gasteiger partial charge in [0.05, 0.1) is 0 Å². The number of rotatable bonds is 6. The highest BCUT2D eigenvalue weighted by Crippen LogP contribution is 2.10. The van der Waals surface area contributed by atoms with E-state index < -0.39 is 18.0 Å². The average molecular weight is 304 g/mol. The van der Waals surface area contributed by atoms with Gasteiger partial charge in [-0.15, -0.1) is 0 Å². The van der Waals surface area contributed by atoms with Crippen LogP contribution in [-0.2, 0) is 9.59 Å². The van der Waals surface area contributed by atoms with Crippen LogP contribution in [0.1, 0.15) is 25.7 Å². The summed E-state index contributed by atoms with van der Waals surface area (Å²) in [4.78, 5) is 35.1. The highest BCUT2D eigenvalue weighted by Gasteiger charge is 2.23. The van der Waals surface area contributed by atoms with Gasteiger partial charge >= 0.3 is 18.0 Å². The smallest absolute Gasteiger partial charge is 0.326 e. The summed E-state index contributed by atoms with van der Waals surface area (Å²) in [6, 6.07) is -1.41. The summed E-state index contributed by atoms with van der Waals surface area (Å²) in [6.07, 6.45) is 1.15. The molecule has 2 amide bonds. The summed E-state index contributed by atoms with van der Waals surface area (Å²) in [5, 5.41) is 20.1. The van der Waals surface area contributed by atoms with E-state index in [2.05, 4.69) is 5.32 Å². The average Bonchev–Trinajstić information content (AvgIpc) is 2.65. The Labute approximate surface area is 121 Å². The molecule has 0 unspecified atom stereocenters. The van der Waals surface area contributed by atoms with Gasteiger partial charge in [0, 0.05) is 25.3 Å². The summed E-state index contributed by atoms with van der Waals surface area (Å²) >= 11 is 1.78. The molecule has 1 atom stereocenters. The molecule has 0 aliphatic carbocycles. The van der Waals surface area contributed by atoms with Crippen molar-refractivity contribution < 1.29 is 24.6 Å². The minimum absolute atomic E-state index is 0.0972. The fourth-order valence-electron chi connectivity index (χ4n) is 1.90. The van der Waals surface area contributed by atoms with Crippen molar-refractivity contribution in [2.45, 2.75) is 31.7 Å². The van der Waals surface area contributed by atoms with Gasteiger partial charge in [-0.3, -0.25) is 4.79 Å². The predicted molar refractivity (Wildman–Crippen MR) is 75.0 cm³/mol. The highest BCUT2D eigenvalue weighted by molar-refractivity contribution is 7.99. The molecule has 0 radical (unpaired) electrons. The third-order valence-electron chi connectivity index (χ3n) is 2.99. The summed E-state index contributed by atoms with van der Waals surface area (Å²) in [5.74, 6) is -0.243. The minimum atomic E-state index is -1.13. The topological polar surface area (TPSA) is 107 Å². The van der Waals surface area contributed by atoms with Gasteiger partial charge in [0.1, 0.15) is 6.04 Å². The van der Waals surface area contributed by atoms with E-state index in [0.29, 0.717) is 13.1 Å². The van der Waals surface area contributed by atoms with E-state index in [4.69, 9.17) is 10.2 Å². The van der Waals surface area contributed by atoms with Gasteiger partial charge in [-0.1, -0.05) is 0 Å². The lowest BCUT2D eigenvalue weighted by Crippen LogP contribution is -2.48. The monoisotopic (exact) mass is 304 g/mol. The standard InChI is InChI=1S/C12H20N2O5S/c15-10(16)4-1-3-9(11(17)18)13-12(19)14-5-2-7-20-8-6-14/h9H,1-8H2,(H,13,19)(H,15,16)(H,17,18)/t9-/m1/s1. The lowest BCUT2D eigenvalue weighted by molar-refractivity contribution is -0.140. The van der Waals surface area contributed by atoms with Crippen molar-refractivity contribution in [2.24, 2.45) is 0 Å².